The molecule has 12 nitrogen and oxygen atoms in total. The van der Waals surface area contributed by atoms with Crippen LogP contribution in [0.15, 0.2) is 66.7 Å². The molecule has 0 aromatic heterocycles. The van der Waals surface area contributed by atoms with Gasteiger partial charge >= 0.3 is 0 Å². The van der Waals surface area contributed by atoms with E-state index in [0.717, 1.165) is 48.5 Å². The molecule has 1 aliphatic heterocycles. The van der Waals surface area contributed by atoms with Gasteiger partial charge < -0.3 is 0 Å². The molecule has 0 fully saturated rings. The quantitative estimate of drug-likeness (QED) is 0.210. The van der Waals surface area contributed by atoms with Crippen molar-refractivity contribution < 1.29 is 33.4 Å². The van der Waals surface area contributed by atoms with Crippen LogP contribution in [-0.2, 0) is 0 Å². The first kappa shape index (κ1) is 23.8. The molecular formula is C23H13FN4O8. The number of Topliss-reactive ketones (excluding diaryl/α,β-unsaturated/α-hetero) is 1. The maximum Gasteiger partial charge on any atom is 0.287 e. The number of benzene rings is 3. The summed E-state index contributed by atoms with van der Waals surface area (Å²) in [5, 5.41) is 23.6. The van der Waals surface area contributed by atoms with Gasteiger partial charge in [-0.1, -0.05) is 18.2 Å². The second-order valence-corrected chi connectivity index (χ2v) is 7.45. The molecule has 0 N–H and O–H groups in total. The van der Waals surface area contributed by atoms with E-state index < -0.39 is 68.2 Å². The number of amides is 3. The molecule has 0 saturated carbocycles. The number of halogens is 1. The fourth-order valence-electron chi connectivity index (χ4n) is 3.68. The summed E-state index contributed by atoms with van der Waals surface area (Å²) in [7, 11) is 0. The number of hydrogen-bond donors (Lipinski definition) is 0. The Bertz CT molecular complexity index is 1470. The van der Waals surface area contributed by atoms with Gasteiger partial charge in [0.15, 0.2) is 5.78 Å². The number of hydrogen-bond acceptors (Lipinski definition) is 8. The van der Waals surface area contributed by atoms with Crippen LogP contribution in [0.5, 0.6) is 0 Å². The van der Waals surface area contributed by atoms with Crippen LogP contribution in [0.1, 0.15) is 41.4 Å². The van der Waals surface area contributed by atoms with Crippen molar-refractivity contribution in [2.75, 3.05) is 6.54 Å². The highest BCUT2D eigenvalue weighted by molar-refractivity contribution is 6.24. The van der Waals surface area contributed by atoms with E-state index in [1.165, 1.54) is 18.2 Å². The van der Waals surface area contributed by atoms with Gasteiger partial charge in [0.2, 0.25) is 0 Å². The second-order valence-electron chi connectivity index (χ2n) is 7.45. The lowest BCUT2D eigenvalue weighted by Crippen LogP contribution is -2.51. The largest absolute Gasteiger partial charge is 0.292 e. The van der Waals surface area contributed by atoms with Gasteiger partial charge in [-0.05, 0) is 36.4 Å². The van der Waals surface area contributed by atoms with E-state index >= 15 is 0 Å². The van der Waals surface area contributed by atoms with Crippen molar-refractivity contribution in [3.05, 3.63) is 115 Å². The minimum atomic E-state index is -1.26. The third-order valence-corrected chi connectivity index (χ3v) is 5.33. The molecule has 180 valence electrons. The maximum absolute atomic E-state index is 13.5. The summed E-state index contributed by atoms with van der Waals surface area (Å²) >= 11 is 0. The van der Waals surface area contributed by atoms with Crippen molar-refractivity contribution in [2.45, 2.75) is 0 Å². The summed E-state index contributed by atoms with van der Waals surface area (Å²) in [4.78, 5) is 73.9. The average molecular weight is 492 g/mol. The van der Waals surface area contributed by atoms with Crippen LogP contribution >= 0.6 is 0 Å². The zero-order chi connectivity index (χ0) is 26.1. The summed E-state index contributed by atoms with van der Waals surface area (Å²) in [6.07, 6.45) is 0. The molecule has 13 heteroatoms. The summed E-state index contributed by atoms with van der Waals surface area (Å²) in [6.45, 7) is -0.963. The molecule has 3 aromatic carbocycles. The van der Waals surface area contributed by atoms with E-state index in [1.807, 2.05) is 0 Å². The Balaban J connectivity index is 1.83. The predicted molar refractivity (Wildman–Crippen MR) is 118 cm³/mol. The Morgan fingerprint density at radius 1 is 0.833 bits per heavy atom. The highest BCUT2D eigenvalue weighted by atomic mass is 19.1. The van der Waals surface area contributed by atoms with Crippen LogP contribution < -0.4 is 0 Å². The van der Waals surface area contributed by atoms with Crippen LogP contribution in [-0.4, -0.2) is 49.9 Å². The number of carbonyl (C=O) groups is 4. The van der Waals surface area contributed by atoms with Crippen LogP contribution in [0.4, 0.5) is 15.8 Å². The van der Waals surface area contributed by atoms with E-state index in [-0.39, 0.29) is 16.1 Å². The molecule has 3 aromatic rings. The summed E-state index contributed by atoms with van der Waals surface area (Å²) in [5.74, 6) is -5.14. The lowest BCUT2D eigenvalue weighted by molar-refractivity contribution is -0.385. The minimum absolute atomic E-state index is 0.0839. The van der Waals surface area contributed by atoms with Crippen molar-refractivity contribution in [3.8, 4) is 0 Å². The smallest absolute Gasteiger partial charge is 0.287 e. The highest BCUT2D eigenvalue weighted by Gasteiger charge is 2.46. The van der Waals surface area contributed by atoms with Crippen molar-refractivity contribution in [1.82, 2.24) is 10.0 Å². The maximum atomic E-state index is 13.5. The Morgan fingerprint density at radius 2 is 1.44 bits per heavy atom. The predicted octanol–water partition coefficient (Wildman–Crippen LogP) is 3.18. The molecule has 3 amide bonds. The number of fused-ring (bicyclic) bond motifs is 1. The SMILES string of the molecule is O=C(CN(C(=O)c1ccccc1[N+](=O)[O-])N1C(=O)c2cccc([N+](=O)[O-])c2C1=O)c1ccc(F)cc1. The van der Waals surface area contributed by atoms with Gasteiger partial charge in [0.25, 0.3) is 29.1 Å². The molecular weight excluding hydrogens is 479 g/mol. The third-order valence-electron chi connectivity index (χ3n) is 5.33. The number of nitro benzene ring substituents is 2. The molecule has 1 heterocycles. The molecule has 0 saturated heterocycles. The molecule has 4 rings (SSSR count). The zero-order valence-electron chi connectivity index (χ0n) is 18.0. The fourth-order valence-corrected chi connectivity index (χ4v) is 3.68. The van der Waals surface area contributed by atoms with Gasteiger partial charge in [-0.25, -0.2) is 9.40 Å². The Labute approximate surface area is 200 Å². The summed E-state index contributed by atoms with van der Waals surface area (Å²) < 4.78 is 13.3. The number of nitro groups is 2. The number of rotatable bonds is 7. The molecule has 0 spiro atoms. The first-order chi connectivity index (χ1) is 17.1. The number of para-hydroxylation sites is 1. The van der Waals surface area contributed by atoms with Gasteiger partial charge in [-0.2, -0.15) is 5.01 Å². The molecule has 0 unspecified atom stereocenters. The molecule has 0 atom stereocenters. The van der Waals surface area contributed by atoms with Gasteiger partial charge in [-0.15, -0.1) is 0 Å². The van der Waals surface area contributed by atoms with Gasteiger partial charge in [0, 0.05) is 17.7 Å². The van der Waals surface area contributed by atoms with E-state index in [2.05, 4.69) is 0 Å². The second kappa shape index (κ2) is 9.13. The van der Waals surface area contributed by atoms with E-state index in [9.17, 15) is 43.8 Å². The molecule has 0 radical (unpaired) electrons. The Kier molecular flexibility index (Phi) is 6.04. The monoisotopic (exact) mass is 492 g/mol. The number of hydrazine groups is 1. The normalized spacial score (nSPS) is 12.3. The topological polar surface area (TPSA) is 161 Å². The fraction of sp³-hybridized carbons (Fsp3) is 0.0435. The van der Waals surface area contributed by atoms with E-state index in [1.54, 1.807) is 0 Å². The van der Waals surface area contributed by atoms with Gasteiger partial charge in [0.05, 0.1) is 15.4 Å². The number of carbonyl (C=O) groups excluding carboxylic acids is 4. The summed E-state index contributed by atoms with van der Waals surface area (Å²) in [5.41, 5.74) is -2.97. The molecule has 0 aliphatic carbocycles. The zero-order valence-corrected chi connectivity index (χ0v) is 18.0. The molecule has 36 heavy (non-hydrogen) atoms. The molecule has 1 aliphatic rings. The van der Waals surface area contributed by atoms with Crippen LogP contribution in [0.3, 0.4) is 0 Å². The molecule has 0 bridgehead atoms. The van der Waals surface area contributed by atoms with Crippen LogP contribution in [0, 0.1) is 26.0 Å². The lowest BCUT2D eigenvalue weighted by Gasteiger charge is -2.29. The van der Waals surface area contributed by atoms with Crippen LogP contribution in [0.25, 0.3) is 0 Å². The Morgan fingerprint density at radius 3 is 2.08 bits per heavy atom. The minimum Gasteiger partial charge on any atom is -0.292 e. The van der Waals surface area contributed by atoms with Crippen molar-refractivity contribution in [2.24, 2.45) is 0 Å². The standard InChI is InChI=1S/C23H13FN4O8/c24-14-10-8-13(9-11-14)19(29)12-25(21(30)15-4-1-2-6-17(15)27(33)34)26-22(31)16-5-3-7-18(28(35)36)20(16)23(26)32/h1-11H,12H2. The van der Waals surface area contributed by atoms with Crippen molar-refractivity contribution in [3.63, 3.8) is 0 Å². The van der Waals surface area contributed by atoms with E-state index in [4.69, 9.17) is 0 Å². The average Bonchev–Trinajstić information content (AvgIpc) is 3.12. The highest BCUT2D eigenvalue weighted by Crippen LogP contribution is 2.33. The van der Waals surface area contributed by atoms with Crippen molar-refractivity contribution >= 4 is 34.9 Å². The number of imide groups is 1. The number of nitrogens with zero attached hydrogens (tertiary/aromatic N) is 4. The number of ketones is 1. The Hall–Kier alpha value is -5.33. The summed E-state index contributed by atoms with van der Waals surface area (Å²) in [6, 6.07) is 12.1. The van der Waals surface area contributed by atoms with E-state index in [0.29, 0.717) is 5.01 Å². The third kappa shape index (κ3) is 4.04. The lowest BCUT2D eigenvalue weighted by atomic mass is 10.1. The first-order valence-corrected chi connectivity index (χ1v) is 10.1. The van der Waals surface area contributed by atoms with Crippen molar-refractivity contribution in [1.29, 1.82) is 0 Å². The van der Waals surface area contributed by atoms with Gasteiger partial charge in [0.1, 0.15) is 23.5 Å². The van der Waals surface area contributed by atoms with Gasteiger partial charge in [-0.3, -0.25) is 39.4 Å². The first-order valence-electron chi connectivity index (χ1n) is 10.1. The van der Waals surface area contributed by atoms with Crippen LogP contribution in [0.2, 0.25) is 0 Å².